The molecule has 1 N–H and O–H groups in total. The number of halogens is 1. The zero-order valence-electron chi connectivity index (χ0n) is 9.57. The van der Waals surface area contributed by atoms with Gasteiger partial charge in [-0.2, -0.15) is 5.26 Å². The van der Waals surface area contributed by atoms with Crippen molar-refractivity contribution < 1.29 is 8.42 Å². The number of rotatable bonds is 4. The fourth-order valence-electron chi connectivity index (χ4n) is 1.50. The molecule has 0 radical (unpaired) electrons. The van der Waals surface area contributed by atoms with E-state index in [4.69, 9.17) is 5.26 Å². The van der Waals surface area contributed by atoms with Crippen molar-refractivity contribution >= 4 is 31.5 Å². The van der Waals surface area contributed by atoms with Crippen LogP contribution in [0, 0.1) is 11.3 Å². The molecule has 17 heavy (non-hydrogen) atoms. The van der Waals surface area contributed by atoms with Gasteiger partial charge in [0.1, 0.15) is 15.9 Å². The summed E-state index contributed by atoms with van der Waals surface area (Å²) in [7, 11) is -3.03. The second-order valence-electron chi connectivity index (χ2n) is 3.94. The number of benzene rings is 1. The fraction of sp³-hybridized carbons (Fsp3) is 0.364. The van der Waals surface area contributed by atoms with Crippen molar-refractivity contribution in [1.82, 2.24) is 0 Å². The third kappa shape index (κ3) is 4.75. The summed E-state index contributed by atoms with van der Waals surface area (Å²) < 4.78 is 23.1. The van der Waals surface area contributed by atoms with Gasteiger partial charge < -0.3 is 5.32 Å². The molecule has 0 aromatic heterocycles. The predicted octanol–water partition coefficient (Wildman–Crippen LogP) is 2.17. The normalized spacial score (nSPS) is 12.8. The van der Waals surface area contributed by atoms with E-state index in [1.54, 1.807) is 25.1 Å². The van der Waals surface area contributed by atoms with Gasteiger partial charge in [-0.05, 0) is 25.1 Å². The lowest BCUT2D eigenvalue weighted by atomic mass is 10.2. The van der Waals surface area contributed by atoms with Crippen molar-refractivity contribution in [3.63, 3.8) is 0 Å². The van der Waals surface area contributed by atoms with Crippen LogP contribution in [0.2, 0.25) is 0 Å². The van der Waals surface area contributed by atoms with Gasteiger partial charge in [-0.1, -0.05) is 15.9 Å². The predicted molar refractivity (Wildman–Crippen MR) is 71.7 cm³/mol. The Morgan fingerprint density at radius 2 is 2.18 bits per heavy atom. The molecular formula is C11H13BrN2O2S. The Balaban J connectivity index is 2.86. The largest absolute Gasteiger partial charge is 0.380 e. The first-order valence-corrected chi connectivity index (χ1v) is 7.81. The maximum Gasteiger partial charge on any atom is 0.149 e. The number of nitriles is 1. The number of hydrogen-bond donors (Lipinski definition) is 1. The van der Waals surface area contributed by atoms with Gasteiger partial charge >= 0.3 is 0 Å². The highest BCUT2D eigenvalue weighted by Gasteiger charge is 2.12. The van der Waals surface area contributed by atoms with Gasteiger partial charge in [0, 0.05) is 16.8 Å². The van der Waals surface area contributed by atoms with E-state index in [1.807, 2.05) is 0 Å². The summed E-state index contributed by atoms with van der Waals surface area (Å²) in [6.07, 6.45) is 1.19. The van der Waals surface area contributed by atoms with Crippen LogP contribution in [-0.2, 0) is 9.84 Å². The van der Waals surface area contributed by atoms with Crippen molar-refractivity contribution in [1.29, 1.82) is 5.26 Å². The lowest BCUT2D eigenvalue weighted by Gasteiger charge is -2.15. The van der Waals surface area contributed by atoms with E-state index >= 15 is 0 Å². The zero-order valence-corrected chi connectivity index (χ0v) is 12.0. The minimum Gasteiger partial charge on any atom is -0.380 e. The van der Waals surface area contributed by atoms with E-state index in [0.717, 1.165) is 4.47 Å². The molecule has 4 nitrogen and oxygen atoms in total. The minimum absolute atomic E-state index is 0.0356. The summed E-state index contributed by atoms with van der Waals surface area (Å²) in [5.41, 5.74) is 1.13. The molecule has 1 rings (SSSR count). The average molecular weight is 317 g/mol. The Morgan fingerprint density at radius 3 is 2.71 bits per heavy atom. The first kappa shape index (κ1) is 14.0. The number of sulfone groups is 1. The first-order chi connectivity index (χ1) is 7.81. The monoisotopic (exact) mass is 316 g/mol. The topological polar surface area (TPSA) is 70.0 Å². The highest BCUT2D eigenvalue weighted by Crippen LogP contribution is 2.21. The van der Waals surface area contributed by atoms with Crippen molar-refractivity contribution in [2.45, 2.75) is 13.0 Å². The van der Waals surface area contributed by atoms with E-state index in [9.17, 15) is 8.42 Å². The Kier molecular flexibility index (Phi) is 4.54. The van der Waals surface area contributed by atoms with Crippen LogP contribution < -0.4 is 5.32 Å². The van der Waals surface area contributed by atoms with E-state index in [1.165, 1.54) is 6.26 Å². The molecule has 0 aliphatic rings. The molecule has 92 valence electrons. The summed E-state index contributed by atoms with van der Waals surface area (Å²) in [5, 5.41) is 12.0. The van der Waals surface area contributed by atoms with Gasteiger partial charge in [-0.3, -0.25) is 0 Å². The highest BCUT2D eigenvalue weighted by molar-refractivity contribution is 9.10. The molecule has 0 saturated heterocycles. The molecule has 1 atom stereocenters. The van der Waals surface area contributed by atoms with Crippen molar-refractivity contribution in [2.24, 2.45) is 0 Å². The van der Waals surface area contributed by atoms with Gasteiger partial charge in [-0.25, -0.2) is 8.42 Å². The molecule has 1 aromatic carbocycles. The van der Waals surface area contributed by atoms with Crippen molar-refractivity contribution in [3.05, 3.63) is 28.2 Å². The summed E-state index contributed by atoms with van der Waals surface area (Å²) in [6.45, 7) is 1.77. The number of nitrogens with zero attached hydrogens (tertiary/aromatic N) is 1. The van der Waals surface area contributed by atoms with E-state index in [-0.39, 0.29) is 11.8 Å². The molecule has 0 aliphatic carbocycles. The standard InChI is InChI=1S/C11H13BrN2O2S/c1-8(7-17(2,15)16)14-11-4-3-10(12)5-9(11)6-13/h3-5,8,14H,7H2,1-2H3. The van der Waals surface area contributed by atoms with Crippen LogP contribution >= 0.6 is 15.9 Å². The van der Waals surface area contributed by atoms with Crippen LogP contribution in [0.1, 0.15) is 12.5 Å². The lowest BCUT2D eigenvalue weighted by Crippen LogP contribution is -2.25. The molecule has 1 unspecified atom stereocenters. The Hall–Kier alpha value is -1.06. The smallest absolute Gasteiger partial charge is 0.149 e. The lowest BCUT2D eigenvalue weighted by molar-refractivity contribution is 0.598. The van der Waals surface area contributed by atoms with Gasteiger partial charge in [0.15, 0.2) is 0 Å². The maximum absolute atomic E-state index is 11.1. The van der Waals surface area contributed by atoms with Crippen LogP contribution in [0.5, 0.6) is 0 Å². The van der Waals surface area contributed by atoms with Crippen molar-refractivity contribution in [3.8, 4) is 6.07 Å². The number of anilines is 1. The van der Waals surface area contributed by atoms with E-state index < -0.39 is 9.84 Å². The van der Waals surface area contributed by atoms with Gasteiger partial charge in [0.25, 0.3) is 0 Å². The minimum atomic E-state index is -3.03. The summed E-state index contributed by atoms with van der Waals surface area (Å²) in [5.74, 6) is 0.0356. The average Bonchev–Trinajstić information content (AvgIpc) is 2.17. The maximum atomic E-state index is 11.1. The number of hydrogen-bond acceptors (Lipinski definition) is 4. The molecular weight excluding hydrogens is 304 g/mol. The first-order valence-electron chi connectivity index (χ1n) is 4.96. The molecule has 6 heteroatoms. The second kappa shape index (κ2) is 5.52. The van der Waals surface area contributed by atoms with Crippen molar-refractivity contribution in [2.75, 3.05) is 17.3 Å². The number of nitrogens with one attached hydrogen (secondary N) is 1. The molecule has 0 aliphatic heterocycles. The third-order valence-electron chi connectivity index (χ3n) is 2.06. The van der Waals surface area contributed by atoms with Gasteiger partial charge in [0.2, 0.25) is 0 Å². The quantitative estimate of drug-likeness (QED) is 0.924. The molecule has 0 spiro atoms. The molecule has 0 amide bonds. The van der Waals surface area contributed by atoms with E-state index in [2.05, 4.69) is 27.3 Å². The van der Waals surface area contributed by atoms with Crippen LogP contribution in [0.3, 0.4) is 0 Å². The van der Waals surface area contributed by atoms with Gasteiger partial charge in [-0.15, -0.1) is 0 Å². The van der Waals surface area contributed by atoms with E-state index in [0.29, 0.717) is 11.3 Å². The summed E-state index contributed by atoms with van der Waals surface area (Å²) in [6, 6.07) is 7.07. The summed E-state index contributed by atoms with van der Waals surface area (Å²) >= 11 is 3.28. The Labute approximate surface area is 110 Å². The second-order valence-corrected chi connectivity index (χ2v) is 7.04. The SMILES string of the molecule is CC(CS(C)(=O)=O)Nc1ccc(Br)cc1C#N. The van der Waals surface area contributed by atoms with Crippen LogP contribution in [0.25, 0.3) is 0 Å². The fourth-order valence-corrected chi connectivity index (χ4v) is 2.85. The van der Waals surface area contributed by atoms with Gasteiger partial charge in [0.05, 0.1) is 17.0 Å². The van der Waals surface area contributed by atoms with Crippen LogP contribution in [0.15, 0.2) is 22.7 Å². The molecule has 0 saturated carbocycles. The molecule has 0 bridgehead atoms. The molecule has 1 aromatic rings. The molecule has 0 fully saturated rings. The third-order valence-corrected chi connectivity index (χ3v) is 3.66. The van der Waals surface area contributed by atoms with Crippen LogP contribution in [0.4, 0.5) is 5.69 Å². The zero-order chi connectivity index (χ0) is 13.1. The highest BCUT2D eigenvalue weighted by atomic mass is 79.9. The Morgan fingerprint density at radius 1 is 1.53 bits per heavy atom. The molecule has 0 heterocycles. The summed E-state index contributed by atoms with van der Waals surface area (Å²) in [4.78, 5) is 0. The van der Waals surface area contributed by atoms with Crippen LogP contribution in [-0.4, -0.2) is 26.5 Å². The Bertz CT molecular complexity index is 549.